The number of likely N-dealkylation sites (tertiary alicyclic amines) is 1. The molecule has 2 aliphatic rings. The second-order valence-corrected chi connectivity index (χ2v) is 8.43. The Kier molecular flexibility index (Phi) is 5.72. The highest BCUT2D eigenvalue weighted by molar-refractivity contribution is 5.76. The highest BCUT2D eigenvalue weighted by atomic mass is 16.6. The van der Waals surface area contributed by atoms with Gasteiger partial charge in [-0.25, -0.2) is 4.79 Å². The molecule has 0 aliphatic carbocycles. The maximum absolute atomic E-state index is 12.3. The van der Waals surface area contributed by atoms with E-state index in [4.69, 9.17) is 4.74 Å². The number of piperidine rings is 1. The van der Waals surface area contributed by atoms with Gasteiger partial charge in [0.15, 0.2) is 5.82 Å². The molecule has 150 valence electrons. The summed E-state index contributed by atoms with van der Waals surface area (Å²) in [5.74, 6) is 2.39. The number of aromatic nitrogens is 3. The van der Waals surface area contributed by atoms with Crippen LogP contribution >= 0.6 is 0 Å². The lowest BCUT2D eigenvalue weighted by molar-refractivity contribution is -0.132. The number of hydrogen-bond acceptors (Lipinski definition) is 5. The topological polar surface area (TPSA) is 80.6 Å². The predicted octanol–water partition coefficient (Wildman–Crippen LogP) is 2.53. The number of carbonyl (C=O) groups excluding carboxylic acids is 2. The lowest BCUT2D eigenvalue weighted by atomic mass is 9.95. The first-order valence-corrected chi connectivity index (χ1v) is 9.96. The first-order valence-electron chi connectivity index (χ1n) is 9.96. The molecular weight excluding hydrogens is 346 g/mol. The van der Waals surface area contributed by atoms with Crippen LogP contribution in [-0.2, 0) is 22.6 Å². The lowest BCUT2D eigenvalue weighted by Crippen LogP contribution is -2.42. The number of rotatable bonds is 3. The van der Waals surface area contributed by atoms with Crippen LogP contribution in [0.5, 0.6) is 0 Å². The minimum Gasteiger partial charge on any atom is -0.444 e. The summed E-state index contributed by atoms with van der Waals surface area (Å²) in [6.45, 7) is 10.9. The molecule has 0 unspecified atom stereocenters. The summed E-state index contributed by atoms with van der Waals surface area (Å²) in [6.07, 6.45) is 3.06. The van der Waals surface area contributed by atoms with E-state index >= 15 is 0 Å². The Labute approximate surface area is 160 Å². The van der Waals surface area contributed by atoms with Crippen molar-refractivity contribution in [1.82, 2.24) is 24.6 Å². The Morgan fingerprint density at radius 2 is 1.78 bits per heavy atom. The summed E-state index contributed by atoms with van der Waals surface area (Å²) in [7, 11) is 0. The molecule has 0 bridgehead atoms. The molecule has 2 aliphatic heterocycles. The van der Waals surface area contributed by atoms with E-state index in [1.54, 1.807) is 4.90 Å². The zero-order valence-electron chi connectivity index (χ0n) is 16.9. The molecule has 0 N–H and O–H groups in total. The van der Waals surface area contributed by atoms with Crippen molar-refractivity contribution in [2.75, 3.05) is 19.6 Å². The van der Waals surface area contributed by atoms with Crippen molar-refractivity contribution < 1.29 is 14.3 Å². The minimum absolute atomic E-state index is 0.257. The van der Waals surface area contributed by atoms with E-state index in [0.29, 0.717) is 32.0 Å². The van der Waals surface area contributed by atoms with Crippen molar-refractivity contribution in [3.05, 3.63) is 11.6 Å². The van der Waals surface area contributed by atoms with Crippen molar-refractivity contribution in [2.45, 2.75) is 78.0 Å². The third-order valence-corrected chi connectivity index (χ3v) is 5.11. The van der Waals surface area contributed by atoms with Gasteiger partial charge in [-0.2, -0.15) is 0 Å². The van der Waals surface area contributed by atoms with Gasteiger partial charge in [0.05, 0.1) is 6.54 Å². The fraction of sp³-hybridized carbons (Fsp3) is 0.789. The first-order chi connectivity index (χ1) is 12.8. The van der Waals surface area contributed by atoms with Crippen LogP contribution in [0.4, 0.5) is 4.79 Å². The summed E-state index contributed by atoms with van der Waals surface area (Å²) >= 11 is 0. The zero-order valence-corrected chi connectivity index (χ0v) is 16.9. The largest absolute Gasteiger partial charge is 0.444 e. The minimum atomic E-state index is -0.503. The summed E-state index contributed by atoms with van der Waals surface area (Å²) in [5, 5.41) is 8.75. The van der Waals surface area contributed by atoms with E-state index in [9.17, 15) is 9.59 Å². The van der Waals surface area contributed by atoms with Gasteiger partial charge >= 0.3 is 6.09 Å². The van der Waals surface area contributed by atoms with Gasteiger partial charge in [0.2, 0.25) is 5.91 Å². The Bertz CT molecular complexity index is 686. The second kappa shape index (κ2) is 7.86. The molecule has 0 radical (unpaired) electrons. The molecule has 8 nitrogen and oxygen atoms in total. The van der Waals surface area contributed by atoms with E-state index < -0.39 is 5.60 Å². The van der Waals surface area contributed by atoms with Crippen LogP contribution in [0, 0.1) is 0 Å². The molecule has 2 amide bonds. The predicted molar refractivity (Wildman–Crippen MR) is 100 cm³/mol. The quantitative estimate of drug-likeness (QED) is 0.809. The average Bonchev–Trinajstić information content (AvgIpc) is 3.03. The van der Waals surface area contributed by atoms with Crippen molar-refractivity contribution >= 4 is 12.0 Å². The van der Waals surface area contributed by atoms with Crippen LogP contribution in [-0.4, -0.2) is 61.8 Å². The Balaban J connectivity index is 1.61. The highest BCUT2D eigenvalue weighted by Crippen LogP contribution is 2.29. The number of carbonyl (C=O) groups is 2. The van der Waals surface area contributed by atoms with Gasteiger partial charge in [-0.05, 0) is 40.0 Å². The molecule has 0 atom stereocenters. The standard InChI is InChI=1S/C19H31N5O3/c1-5-6-16(25)22-9-7-14(8-10-22)17-21-20-15-13-23(11-12-24(15)17)18(26)27-19(2,3)4/h14H,5-13H2,1-4H3. The lowest BCUT2D eigenvalue weighted by Gasteiger charge is -2.33. The number of ether oxygens (including phenoxy) is 1. The van der Waals surface area contributed by atoms with Crippen LogP contribution < -0.4 is 0 Å². The molecule has 27 heavy (non-hydrogen) atoms. The van der Waals surface area contributed by atoms with Gasteiger partial charge in [-0.1, -0.05) is 6.92 Å². The van der Waals surface area contributed by atoms with E-state index in [2.05, 4.69) is 14.8 Å². The summed E-state index contributed by atoms with van der Waals surface area (Å²) in [5.41, 5.74) is -0.503. The van der Waals surface area contributed by atoms with Gasteiger partial charge < -0.3 is 14.2 Å². The van der Waals surface area contributed by atoms with Crippen LogP contribution in [0.3, 0.4) is 0 Å². The maximum atomic E-state index is 12.3. The van der Waals surface area contributed by atoms with Crippen LogP contribution in [0.25, 0.3) is 0 Å². The molecule has 3 heterocycles. The Morgan fingerprint density at radius 3 is 2.41 bits per heavy atom. The first kappa shape index (κ1) is 19.6. The van der Waals surface area contributed by atoms with Crippen LogP contribution in [0.15, 0.2) is 0 Å². The molecule has 1 aromatic heterocycles. The van der Waals surface area contributed by atoms with E-state index in [1.807, 2.05) is 32.6 Å². The van der Waals surface area contributed by atoms with E-state index in [-0.39, 0.29) is 12.0 Å². The molecule has 1 aromatic rings. The molecule has 0 saturated carbocycles. The van der Waals surface area contributed by atoms with Gasteiger partial charge in [0.25, 0.3) is 0 Å². The number of amides is 2. The molecular formula is C19H31N5O3. The number of fused-ring (bicyclic) bond motifs is 1. The van der Waals surface area contributed by atoms with Crippen LogP contribution in [0.2, 0.25) is 0 Å². The molecule has 1 fully saturated rings. The van der Waals surface area contributed by atoms with E-state index in [0.717, 1.165) is 44.0 Å². The maximum Gasteiger partial charge on any atom is 0.410 e. The normalized spacial score (nSPS) is 18.4. The molecule has 0 spiro atoms. The second-order valence-electron chi connectivity index (χ2n) is 8.43. The van der Waals surface area contributed by atoms with Gasteiger partial charge in [-0.3, -0.25) is 9.69 Å². The molecule has 0 aromatic carbocycles. The Hall–Kier alpha value is -2.12. The Morgan fingerprint density at radius 1 is 1.07 bits per heavy atom. The third kappa shape index (κ3) is 4.59. The zero-order chi connectivity index (χ0) is 19.6. The van der Waals surface area contributed by atoms with E-state index in [1.165, 1.54) is 0 Å². The number of nitrogens with zero attached hydrogens (tertiary/aromatic N) is 5. The highest BCUT2D eigenvalue weighted by Gasteiger charge is 2.32. The molecule has 1 saturated heterocycles. The van der Waals surface area contributed by atoms with Crippen LogP contribution in [0.1, 0.15) is 70.9 Å². The fourth-order valence-corrected chi connectivity index (χ4v) is 3.72. The monoisotopic (exact) mass is 377 g/mol. The fourth-order valence-electron chi connectivity index (χ4n) is 3.72. The molecule has 3 rings (SSSR count). The third-order valence-electron chi connectivity index (χ3n) is 5.11. The SMILES string of the molecule is CCCC(=O)N1CCC(c2nnc3n2CCN(C(=O)OC(C)(C)C)C3)CC1. The van der Waals surface area contributed by atoms with Crippen molar-refractivity contribution in [3.63, 3.8) is 0 Å². The average molecular weight is 377 g/mol. The van der Waals surface area contributed by atoms with Gasteiger partial charge in [0, 0.05) is 38.5 Å². The van der Waals surface area contributed by atoms with Crippen molar-refractivity contribution in [2.24, 2.45) is 0 Å². The molecule has 8 heteroatoms. The number of hydrogen-bond donors (Lipinski definition) is 0. The van der Waals surface area contributed by atoms with Crippen molar-refractivity contribution in [1.29, 1.82) is 0 Å². The van der Waals surface area contributed by atoms with Gasteiger partial charge in [-0.15, -0.1) is 10.2 Å². The summed E-state index contributed by atoms with van der Waals surface area (Å²) in [6, 6.07) is 0. The van der Waals surface area contributed by atoms with Gasteiger partial charge in [0.1, 0.15) is 11.4 Å². The summed E-state index contributed by atoms with van der Waals surface area (Å²) in [4.78, 5) is 28.0. The summed E-state index contributed by atoms with van der Waals surface area (Å²) < 4.78 is 7.61. The smallest absolute Gasteiger partial charge is 0.410 e. The van der Waals surface area contributed by atoms with Crippen molar-refractivity contribution in [3.8, 4) is 0 Å².